The van der Waals surface area contributed by atoms with E-state index in [1.807, 2.05) is 20.8 Å². The monoisotopic (exact) mass is 270 g/mol. The zero-order valence-electron chi connectivity index (χ0n) is 11.2. The number of aromatic nitrogens is 1. The fraction of sp³-hybridized carbons (Fsp3) is 0.583. The van der Waals surface area contributed by atoms with E-state index in [9.17, 15) is 9.59 Å². The number of nitrogens with one attached hydrogen (secondary N) is 1. The van der Waals surface area contributed by atoms with Crippen LogP contribution in [0, 0.1) is 0 Å². The Morgan fingerprint density at radius 2 is 1.83 bits per heavy atom. The van der Waals surface area contributed by atoms with Gasteiger partial charge >= 0.3 is 5.97 Å². The van der Waals surface area contributed by atoms with E-state index in [1.165, 1.54) is 25.2 Å². The van der Waals surface area contributed by atoms with Gasteiger partial charge in [0.2, 0.25) is 0 Å². The summed E-state index contributed by atoms with van der Waals surface area (Å²) in [5.74, 6) is -1.55. The number of carbonyl (C=O) groups is 2. The van der Waals surface area contributed by atoms with Crippen LogP contribution in [0.1, 0.15) is 50.1 Å². The lowest BCUT2D eigenvalue weighted by atomic mass is 9.98. The molecule has 0 saturated carbocycles. The SMILES string of the molecule is CC(C)(NC(=O)c1csc(C(C)(C)C)n1)C(=O)O. The van der Waals surface area contributed by atoms with Crippen molar-refractivity contribution in [3.8, 4) is 0 Å². The Kier molecular flexibility index (Phi) is 3.81. The van der Waals surface area contributed by atoms with E-state index in [2.05, 4.69) is 10.3 Å². The maximum Gasteiger partial charge on any atom is 0.328 e. The highest BCUT2D eigenvalue weighted by molar-refractivity contribution is 7.10. The number of amides is 1. The molecule has 0 saturated heterocycles. The molecule has 0 aromatic carbocycles. The molecule has 1 rings (SSSR count). The van der Waals surface area contributed by atoms with Crippen molar-refractivity contribution in [2.24, 2.45) is 0 Å². The summed E-state index contributed by atoms with van der Waals surface area (Å²) in [5, 5.41) is 13.9. The van der Waals surface area contributed by atoms with Crippen LogP contribution in [-0.4, -0.2) is 27.5 Å². The Morgan fingerprint density at radius 1 is 1.28 bits per heavy atom. The van der Waals surface area contributed by atoms with Crippen LogP contribution < -0.4 is 5.32 Å². The fourth-order valence-electron chi connectivity index (χ4n) is 1.12. The van der Waals surface area contributed by atoms with Gasteiger partial charge in [0, 0.05) is 10.8 Å². The van der Waals surface area contributed by atoms with Crippen molar-refractivity contribution in [2.45, 2.75) is 45.6 Å². The quantitative estimate of drug-likeness (QED) is 0.880. The predicted molar refractivity (Wildman–Crippen MR) is 70.0 cm³/mol. The van der Waals surface area contributed by atoms with E-state index < -0.39 is 17.4 Å². The number of aliphatic carboxylic acids is 1. The lowest BCUT2D eigenvalue weighted by Gasteiger charge is -2.20. The lowest BCUT2D eigenvalue weighted by molar-refractivity contribution is -0.143. The van der Waals surface area contributed by atoms with Crippen LogP contribution in [0.5, 0.6) is 0 Å². The minimum absolute atomic E-state index is 0.120. The first kappa shape index (κ1) is 14.6. The molecule has 0 unspecified atom stereocenters. The molecule has 0 fully saturated rings. The van der Waals surface area contributed by atoms with E-state index in [4.69, 9.17) is 5.11 Å². The molecule has 2 N–H and O–H groups in total. The van der Waals surface area contributed by atoms with Crippen molar-refractivity contribution in [3.05, 3.63) is 16.1 Å². The smallest absolute Gasteiger partial charge is 0.328 e. The molecule has 0 bridgehead atoms. The van der Waals surface area contributed by atoms with Crippen LogP contribution in [0.25, 0.3) is 0 Å². The van der Waals surface area contributed by atoms with Crippen molar-refractivity contribution in [1.29, 1.82) is 0 Å². The highest BCUT2D eigenvalue weighted by Crippen LogP contribution is 2.25. The molecule has 0 aliphatic carbocycles. The summed E-state index contributed by atoms with van der Waals surface area (Å²) < 4.78 is 0. The average Bonchev–Trinajstić information content (AvgIpc) is 2.64. The molecular weight excluding hydrogens is 252 g/mol. The highest BCUT2D eigenvalue weighted by Gasteiger charge is 2.30. The minimum Gasteiger partial charge on any atom is -0.480 e. The Hall–Kier alpha value is -1.43. The van der Waals surface area contributed by atoms with Gasteiger partial charge in [0.15, 0.2) is 0 Å². The molecule has 1 amide bonds. The summed E-state index contributed by atoms with van der Waals surface area (Å²) in [6.07, 6.45) is 0. The van der Waals surface area contributed by atoms with Gasteiger partial charge in [-0.25, -0.2) is 9.78 Å². The van der Waals surface area contributed by atoms with Gasteiger partial charge in [-0.3, -0.25) is 4.79 Å². The first-order valence-corrected chi connectivity index (χ1v) is 6.44. The number of rotatable bonds is 3. The van der Waals surface area contributed by atoms with E-state index >= 15 is 0 Å². The minimum atomic E-state index is -1.30. The van der Waals surface area contributed by atoms with Crippen molar-refractivity contribution >= 4 is 23.2 Å². The third-order valence-electron chi connectivity index (χ3n) is 2.34. The summed E-state index contributed by atoms with van der Waals surface area (Å²) in [4.78, 5) is 27.0. The Morgan fingerprint density at radius 3 is 2.22 bits per heavy atom. The van der Waals surface area contributed by atoms with Crippen LogP contribution in [0.15, 0.2) is 5.38 Å². The second-order valence-corrected chi connectivity index (χ2v) is 6.53. The van der Waals surface area contributed by atoms with Crippen molar-refractivity contribution < 1.29 is 14.7 Å². The molecular formula is C12H18N2O3S. The fourth-order valence-corrected chi connectivity index (χ4v) is 2.01. The van der Waals surface area contributed by atoms with Gasteiger partial charge in [-0.1, -0.05) is 20.8 Å². The van der Waals surface area contributed by atoms with Crippen LogP contribution in [-0.2, 0) is 10.2 Å². The maximum absolute atomic E-state index is 11.9. The molecule has 1 aromatic heterocycles. The number of thiazole rings is 1. The van der Waals surface area contributed by atoms with Crippen LogP contribution in [0.2, 0.25) is 0 Å². The Bertz CT molecular complexity index is 472. The van der Waals surface area contributed by atoms with Gasteiger partial charge in [-0.15, -0.1) is 11.3 Å². The second-order valence-electron chi connectivity index (χ2n) is 5.67. The summed E-state index contributed by atoms with van der Waals surface area (Å²) in [5.41, 5.74) is -1.16. The largest absolute Gasteiger partial charge is 0.480 e. The highest BCUT2D eigenvalue weighted by atomic mass is 32.1. The molecule has 100 valence electrons. The number of hydrogen-bond donors (Lipinski definition) is 2. The molecule has 0 aliphatic heterocycles. The van der Waals surface area contributed by atoms with Crippen molar-refractivity contribution in [3.63, 3.8) is 0 Å². The van der Waals surface area contributed by atoms with Crippen LogP contribution in [0.4, 0.5) is 0 Å². The second kappa shape index (κ2) is 4.68. The number of carbonyl (C=O) groups excluding carboxylic acids is 1. The van der Waals surface area contributed by atoms with Gasteiger partial charge in [0.25, 0.3) is 5.91 Å². The standard InChI is InChI=1S/C12H18N2O3S/c1-11(2,3)9-13-7(6-18-9)8(15)14-12(4,5)10(16)17/h6H,1-5H3,(H,14,15)(H,16,17). The number of nitrogens with zero attached hydrogens (tertiary/aromatic N) is 1. The zero-order valence-corrected chi connectivity index (χ0v) is 12.0. The van der Waals surface area contributed by atoms with Gasteiger partial charge in [-0.2, -0.15) is 0 Å². The van der Waals surface area contributed by atoms with Crippen LogP contribution >= 0.6 is 11.3 Å². The molecule has 6 heteroatoms. The van der Waals surface area contributed by atoms with Crippen LogP contribution in [0.3, 0.4) is 0 Å². The topological polar surface area (TPSA) is 79.3 Å². The van der Waals surface area contributed by atoms with Gasteiger partial charge < -0.3 is 10.4 Å². The normalized spacial score (nSPS) is 12.3. The summed E-state index contributed by atoms with van der Waals surface area (Å²) in [7, 11) is 0. The van der Waals surface area contributed by atoms with E-state index in [1.54, 1.807) is 5.38 Å². The van der Waals surface area contributed by atoms with Gasteiger partial charge in [0.1, 0.15) is 11.2 Å². The van der Waals surface area contributed by atoms with Gasteiger partial charge in [0.05, 0.1) is 5.01 Å². The third-order valence-corrected chi connectivity index (χ3v) is 3.61. The molecule has 18 heavy (non-hydrogen) atoms. The van der Waals surface area contributed by atoms with E-state index in [0.29, 0.717) is 0 Å². The molecule has 0 aliphatic rings. The predicted octanol–water partition coefficient (Wildman–Crippen LogP) is 2.03. The average molecular weight is 270 g/mol. The van der Waals surface area contributed by atoms with E-state index in [0.717, 1.165) is 5.01 Å². The first-order chi connectivity index (χ1) is 8.04. The third kappa shape index (κ3) is 3.29. The van der Waals surface area contributed by atoms with Gasteiger partial charge in [-0.05, 0) is 13.8 Å². The van der Waals surface area contributed by atoms with Crippen molar-refractivity contribution in [1.82, 2.24) is 10.3 Å². The number of carboxylic acid groups (broad SMARTS) is 1. The molecule has 0 radical (unpaired) electrons. The lowest BCUT2D eigenvalue weighted by Crippen LogP contribution is -2.49. The molecule has 1 aromatic rings. The summed E-state index contributed by atoms with van der Waals surface area (Å²) >= 11 is 1.40. The number of hydrogen-bond acceptors (Lipinski definition) is 4. The Labute approximate surface area is 110 Å². The summed E-state index contributed by atoms with van der Waals surface area (Å²) in [6.45, 7) is 8.90. The van der Waals surface area contributed by atoms with Crippen molar-refractivity contribution in [2.75, 3.05) is 0 Å². The molecule has 5 nitrogen and oxygen atoms in total. The van der Waals surface area contributed by atoms with E-state index in [-0.39, 0.29) is 11.1 Å². The molecule has 0 atom stereocenters. The maximum atomic E-state index is 11.9. The number of carboxylic acids is 1. The molecule has 0 spiro atoms. The summed E-state index contributed by atoms with van der Waals surface area (Å²) in [6, 6.07) is 0. The first-order valence-electron chi connectivity index (χ1n) is 5.56. The zero-order chi connectivity index (χ0) is 14.1. The Balaban J connectivity index is 2.87. The molecule has 1 heterocycles.